The number of pyridine rings is 1. The normalized spacial score (nSPS) is 11.9. The number of aromatic nitrogens is 3. The predicted molar refractivity (Wildman–Crippen MR) is 88.1 cm³/mol. The van der Waals surface area contributed by atoms with Crippen molar-refractivity contribution in [2.24, 2.45) is 0 Å². The smallest absolute Gasteiger partial charge is 0.224 e. The minimum absolute atomic E-state index is 0.0271. The maximum atomic E-state index is 12.2. The second kappa shape index (κ2) is 6.87. The Morgan fingerprint density at radius 3 is 2.78 bits per heavy atom. The van der Waals surface area contributed by atoms with E-state index in [1.54, 1.807) is 23.3 Å². The lowest BCUT2D eigenvalue weighted by Crippen LogP contribution is -2.28. The van der Waals surface area contributed by atoms with E-state index in [1.807, 2.05) is 55.6 Å². The van der Waals surface area contributed by atoms with Gasteiger partial charge in [0, 0.05) is 24.8 Å². The Labute approximate surface area is 135 Å². The highest BCUT2D eigenvalue weighted by atomic mass is 16.1. The number of nitrogens with one attached hydrogen (secondary N) is 1. The monoisotopic (exact) mass is 306 g/mol. The molecule has 0 unspecified atom stereocenters. The van der Waals surface area contributed by atoms with Crippen molar-refractivity contribution in [3.63, 3.8) is 0 Å². The Morgan fingerprint density at radius 1 is 1.17 bits per heavy atom. The number of rotatable bonds is 5. The summed E-state index contributed by atoms with van der Waals surface area (Å²) in [6, 6.07) is 13.4. The highest BCUT2D eigenvalue weighted by Crippen LogP contribution is 2.21. The molecule has 1 N–H and O–H groups in total. The molecule has 5 nitrogen and oxygen atoms in total. The van der Waals surface area contributed by atoms with E-state index in [0.29, 0.717) is 6.42 Å². The van der Waals surface area contributed by atoms with Gasteiger partial charge in [-0.05, 0) is 36.2 Å². The lowest BCUT2D eigenvalue weighted by molar-refractivity contribution is -0.121. The summed E-state index contributed by atoms with van der Waals surface area (Å²) in [6.07, 6.45) is 7.36. The van der Waals surface area contributed by atoms with Crippen molar-refractivity contribution in [1.82, 2.24) is 20.1 Å². The van der Waals surface area contributed by atoms with Gasteiger partial charge in [-0.25, -0.2) is 4.68 Å². The van der Waals surface area contributed by atoms with E-state index in [1.165, 1.54) is 0 Å². The van der Waals surface area contributed by atoms with Crippen LogP contribution in [0.3, 0.4) is 0 Å². The summed E-state index contributed by atoms with van der Waals surface area (Å²) < 4.78 is 1.80. The molecular formula is C18H18N4O. The fourth-order valence-corrected chi connectivity index (χ4v) is 2.53. The topological polar surface area (TPSA) is 59.8 Å². The summed E-state index contributed by atoms with van der Waals surface area (Å²) in [5, 5.41) is 7.31. The average molecular weight is 306 g/mol. The minimum Gasteiger partial charge on any atom is -0.349 e. The van der Waals surface area contributed by atoms with Gasteiger partial charge in [0.05, 0.1) is 18.2 Å². The Balaban J connectivity index is 1.74. The van der Waals surface area contributed by atoms with Crippen molar-refractivity contribution in [1.29, 1.82) is 0 Å². The molecule has 23 heavy (non-hydrogen) atoms. The highest BCUT2D eigenvalue weighted by molar-refractivity contribution is 5.79. The molecule has 1 amide bonds. The Kier molecular flexibility index (Phi) is 4.47. The van der Waals surface area contributed by atoms with Gasteiger partial charge in [0.2, 0.25) is 5.91 Å². The summed E-state index contributed by atoms with van der Waals surface area (Å²) in [6.45, 7) is 1.98. The van der Waals surface area contributed by atoms with Crippen LogP contribution in [0.4, 0.5) is 0 Å². The molecule has 0 aliphatic rings. The molecule has 2 heterocycles. The van der Waals surface area contributed by atoms with Gasteiger partial charge >= 0.3 is 0 Å². The highest BCUT2D eigenvalue weighted by Gasteiger charge is 2.14. The first-order valence-electron chi connectivity index (χ1n) is 7.51. The number of hydrogen-bond donors (Lipinski definition) is 1. The Hall–Kier alpha value is -2.95. The fraction of sp³-hybridized carbons (Fsp3) is 0.167. The second-order valence-electron chi connectivity index (χ2n) is 5.34. The molecule has 0 spiro atoms. The van der Waals surface area contributed by atoms with Crippen LogP contribution in [0.2, 0.25) is 0 Å². The third-order valence-corrected chi connectivity index (χ3v) is 3.62. The zero-order chi connectivity index (χ0) is 16.1. The number of carbonyl (C=O) groups excluding carboxylic acids is 1. The maximum absolute atomic E-state index is 12.2. The van der Waals surface area contributed by atoms with E-state index < -0.39 is 0 Å². The SMILES string of the molecule is C[C@H](NC(=O)Cc1cccnc1)c1ccccc1-n1cccn1. The summed E-state index contributed by atoms with van der Waals surface area (Å²) in [5.41, 5.74) is 2.89. The standard InChI is InChI=1S/C18H18N4O/c1-14(21-18(23)12-15-6-4-9-19-13-15)16-7-2-3-8-17(16)22-11-5-10-20-22/h2-11,13-14H,12H2,1H3,(H,21,23)/t14-/m0/s1. The van der Waals surface area contributed by atoms with E-state index in [9.17, 15) is 4.79 Å². The maximum Gasteiger partial charge on any atom is 0.224 e. The lowest BCUT2D eigenvalue weighted by Gasteiger charge is -2.18. The van der Waals surface area contributed by atoms with E-state index in [0.717, 1.165) is 16.8 Å². The molecule has 0 saturated heterocycles. The zero-order valence-corrected chi connectivity index (χ0v) is 12.9. The van der Waals surface area contributed by atoms with Crippen LogP contribution in [-0.2, 0) is 11.2 Å². The van der Waals surface area contributed by atoms with Crippen LogP contribution in [0.15, 0.2) is 67.3 Å². The number of amides is 1. The largest absolute Gasteiger partial charge is 0.349 e. The molecule has 3 rings (SSSR count). The number of hydrogen-bond acceptors (Lipinski definition) is 3. The number of para-hydroxylation sites is 1. The summed E-state index contributed by atoms with van der Waals surface area (Å²) in [5.74, 6) is -0.0271. The molecule has 1 aromatic carbocycles. The van der Waals surface area contributed by atoms with Crippen LogP contribution >= 0.6 is 0 Å². The molecule has 116 valence electrons. The van der Waals surface area contributed by atoms with E-state index in [4.69, 9.17) is 0 Å². The van der Waals surface area contributed by atoms with Crippen LogP contribution in [0, 0.1) is 0 Å². The van der Waals surface area contributed by atoms with Crippen LogP contribution < -0.4 is 5.32 Å². The van der Waals surface area contributed by atoms with Crippen LogP contribution in [0.5, 0.6) is 0 Å². The van der Waals surface area contributed by atoms with Gasteiger partial charge in [-0.1, -0.05) is 24.3 Å². The summed E-state index contributed by atoms with van der Waals surface area (Å²) in [4.78, 5) is 16.3. The molecule has 0 aliphatic heterocycles. The third kappa shape index (κ3) is 3.63. The molecule has 2 aromatic heterocycles. The van der Waals surface area contributed by atoms with E-state index in [2.05, 4.69) is 15.4 Å². The predicted octanol–water partition coefficient (Wildman–Crippen LogP) is 2.69. The quantitative estimate of drug-likeness (QED) is 0.788. The fourth-order valence-electron chi connectivity index (χ4n) is 2.53. The first-order chi connectivity index (χ1) is 11.2. The second-order valence-corrected chi connectivity index (χ2v) is 5.34. The number of nitrogens with zero attached hydrogens (tertiary/aromatic N) is 3. The molecule has 3 aromatic rings. The first-order valence-corrected chi connectivity index (χ1v) is 7.51. The summed E-state index contributed by atoms with van der Waals surface area (Å²) >= 11 is 0. The molecular weight excluding hydrogens is 288 g/mol. The molecule has 0 fully saturated rings. The Morgan fingerprint density at radius 2 is 2.04 bits per heavy atom. The molecule has 0 saturated carbocycles. The van der Waals surface area contributed by atoms with Crippen molar-refractivity contribution < 1.29 is 4.79 Å². The van der Waals surface area contributed by atoms with Crippen LogP contribution in [0.1, 0.15) is 24.1 Å². The van der Waals surface area contributed by atoms with Crippen molar-refractivity contribution in [3.8, 4) is 5.69 Å². The molecule has 0 bridgehead atoms. The van der Waals surface area contributed by atoms with Gasteiger partial charge in [-0.3, -0.25) is 9.78 Å². The van der Waals surface area contributed by atoms with Crippen molar-refractivity contribution >= 4 is 5.91 Å². The van der Waals surface area contributed by atoms with Gasteiger partial charge < -0.3 is 5.32 Å². The third-order valence-electron chi connectivity index (χ3n) is 3.62. The number of benzene rings is 1. The van der Waals surface area contributed by atoms with E-state index in [-0.39, 0.29) is 11.9 Å². The van der Waals surface area contributed by atoms with Crippen molar-refractivity contribution in [2.75, 3.05) is 0 Å². The molecule has 0 radical (unpaired) electrons. The number of carbonyl (C=O) groups is 1. The van der Waals surface area contributed by atoms with Crippen LogP contribution in [-0.4, -0.2) is 20.7 Å². The van der Waals surface area contributed by atoms with Gasteiger partial charge in [-0.15, -0.1) is 0 Å². The molecule has 5 heteroatoms. The van der Waals surface area contributed by atoms with Gasteiger partial charge in [0.1, 0.15) is 0 Å². The first kappa shape index (κ1) is 15.0. The average Bonchev–Trinajstić information content (AvgIpc) is 3.10. The van der Waals surface area contributed by atoms with Crippen molar-refractivity contribution in [3.05, 3.63) is 78.4 Å². The van der Waals surface area contributed by atoms with Crippen molar-refractivity contribution in [2.45, 2.75) is 19.4 Å². The molecule has 0 aliphatic carbocycles. The van der Waals surface area contributed by atoms with E-state index >= 15 is 0 Å². The summed E-state index contributed by atoms with van der Waals surface area (Å²) in [7, 11) is 0. The molecule has 1 atom stereocenters. The minimum atomic E-state index is -0.112. The lowest BCUT2D eigenvalue weighted by atomic mass is 10.1. The van der Waals surface area contributed by atoms with Gasteiger partial charge in [0.15, 0.2) is 0 Å². The van der Waals surface area contributed by atoms with Gasteiger partial charge in [-0.2, -0.15) is 5.10 Å². The zero-order valence-electron chi connectivity index (χ0n) is 12.9. The van der Waals surface area contributed by atoms with Crippen LogP contribution in [0.25, 0.3) is 5.69 Å². The Bertz CT molecular complexity index is 769. The van der Waals surface area contributed by atoms with Gasteiger partial charge in [0.25, 0.3) is 0 Å².